The molecule has 1 aromatic rings. The predicted molar refractivity (Wildman–Crippen MR) is 98.9 cm³/mol. The summed E-state index contributed by atoms with van der Waals surface area (Å²) in [6.07, 6.45) is 5.13. The van der Waals surface area contributed by atoms with E-state index in [4.69, 9.17) is 0 Å². The van der Waals surface area contributed by atoms with Gasteiger partial charge in [-0.3, -0.25) is 4.79 Å². The molecule has 2 rings (SSSR count). The van der Waals surface area contributed by atoms with Crippen molar-refractivity contribution in [2.45, 2.75) is 52.0 Å². The second-order valence-electron chi connectivity index (χ2n) is 6.42. The van der Waals surface area contributed by atoms with Crippen molar-refractivity contribution in [2.75, 3.05) is 19.6 Å². The molecular formula is C19H31ClN2O. The van der Waals surface area contributed by atoms with E-state index < -0.39 is 0 Å². The molecule has 130 valence electrons. The van der Waals surface area contributed by atoms with E-state index in [1.54, 1.807) is 0 Å². The molecule has 0 bridgehead atoms. The number of rotatable bonds is 8. The van der Waals surface area contributed by atoms with Crippen molar-refractivity contribution in [3.8, 4) is 0 Å². The van der Waals surface area contributed by atoms with Crippen LogP contribution in [0.1, 0.15) is 57.6 Å². The van der Waals surface area contributed by atoms with Gasteiger partial charge in [0.05, 0.1) is 6.04 Å². The highest BCUT2D eigenvalue weighted by Crippen LogP contribution is 2.23. The summed E-state index contributed by atoms with van der Waals surface area (Å²) in [6.45, 7) is 7.39. The molecule has 1 aliphatic rings. The van der Waals surface area contributed by atoms with Crippen molar-refractivity contribution in [3.05, 3.63) is 35.9 Å². The van der Waals surface area contributed by atoms with Crippen LogP contribution in [-0.2, 0) is 4.79 Å². The number of carbonyl (C=O) groups is 1. The second-order valence-corrected chi connectivity index (χ2v) is 6.42. The van der Waals surface area contributed by atoms with Crippen LogP contribution >= 0.6 is 12.4 Å². The van der Waals surface area contributed by atoms with Crippen molar-refractivity contribution in [1.29, 1.82) is 0 Å². The van der Waals surface area contributed by atoms with Crippen molar-refractivity contribution < 1.29 is 4.79 Å². The number of unbranched alkanes of at least 4 members (excludes halogenated alkanes) is 1. The van der Waals surface area contributed by atoms with Gasteiger partial charge in [-0.05, 0) is 50.8 Å². The fourth-order valence-corrected chi connectivity index (χ4v) is 3.21. The Balaban J connectivity index is 0.00000264. The average molecular weight is 339 g/mol. The molecule has 1 saturated heterocycles. The van der Waals surface area contributed by atoms with Crippen LogP contribution in [0.3, 0.4) is 0 Å². The largest absolute Gasteiger partial charge is 0.336 e. The van der Waals surface area contributed by atoms with E-state index >= 15 is 0 Å². The minimum atomic E-state index is 0. The molecule has 0 aliphatic carbocycles. The van der Waals surface area contributed by atoms with E-state index in [0.717, 1.165) is 38.9 Å². The molecule has 2 unspecified atom stereocenters. The van der Waals surface area contributed by atoms with Gasteiger partial charge in [-0.2, -0.15) is 0 Å². The SMILES string of the molecule is CCCCN(C(=O)CCC1CCNC1)C(C)c1ccccc1.Cl. The summed E-state index contributed by atoms with van der Waals surface area (Å²) < 4.78 is 0. The Hall–Kier alpha value is -1.06. The van der Waals surface area contributed by atoms with E-state index in [2.05, 4.69) is 48.3 Å². The number of benzene rings is 1. The van der Waals surface area contributed by atoms with Crippen LogP contribution in [0, 0.1) is 5.92 Å². The van der Waals surface area contributed by atoms with Crippen LogP contribution in [0.4, 0.5) is 0 Å². The van der Waals surface area contributed by atoms with Crippen LogP contribution in [0.2, 0.25) is 0 Å². The van der Waals surface area contributed by atoms with Gasteiger partial charge in [0.15, 0.2) is 0 Å². The van der Waals surface area contributed by atoms with Gasteiger partial charge in [-0.25, -0.2) is 0 Å². The molecule has 0 spiro atoms. The minimum Gasteiger partial charge on any atom is -0.336 e. The minimum absolute atomic E-state index is 0. The fourth-order valence-electron chi connectivity index (χ4n) is 3.21. The van der Waals surface area contributed by atoms with E-state index in [-0.39, 0.29) is 18.4 Å². The molecule has 0 saturated carbocycles. The van der Waals surface area contributed by atoms with Gasteiger partial charge in [0.25, 0.3) is 0 Å². The number of nitrogens with zero attached hydrogens (tertiary/aromatic N) is 1. The Bertz CT molecular complexity index is 446. The maximum atomic E-state index is 12.7. The summed E-state index contributed by atoms with van der Waals surface area (Å²) in [6, 6.07) is 10.6. The molecule has 1 N–H and O–H groups in total. The lowest BCUT2D eigenvalue weighted by atomic mass is 10.0. The normalized spacial score (nSPS) is 18.3. The van der Waals surface area contributed by atoms with E-state index in [1.165, 1.54) is 12.0 Å². The molecule has 0 aromatic heterocycles. The number of carbonyl (C=O) groups excluding carboxylic acids is 1. The standard InChI is InChI=1S/C19H30N2O.ClH/c1-3-4-14-21(16(2)18-8-6-5-7-9-18)19(22)11-10-17-12-13-20-15-17;/h5-9,16-17,20H,3-4,10-15H2,1-2H3;1H. The number of halogens is 1. The van der Waals surface area contributed by atoms with Crippen molar-refractivity contribution >= 4 is 18.3 Å². The van der Waals surface area contributed by atoms with Crippen molar-refractivity contribution in [2.24, 2.45) is 5.92 Å². The van der Waals surface area contributed by atoms with Crippen molar-refractivity contribution in [3.63, 3.8) is 0 Å². The zero-order chi connectivity index (χ0) is 15.8. The number of nitrogens with one attached hydrogen (secondary N) is 1. The van der Waals surface area contributed by atoms with Crippen LogP contribution in [-0.4, -0.2) is 30.4 Å². The smallest absolute Gasteiger partial charge is 0.223 e. The van der Waals surface area contributed by atoms with E-state index in [9.17, 15) is 4.79 Å². The Morgan fingerprint density at radius 3 is 2.70 bits per heavy atom. The zero-order valence-electron chi connectivity index (χ0n) is 14.5. The third-order valence-corrected chi connectivity index (χ3v) is 4.75. The Kier molecular flexibility index (Phi) is 9.27. The molecule has 2 atom stereocenters. The van der Waals surface area contributed by atoms with Gasteiger partial charge < -0.3 is 10.2 Å². The topological polar surface area (TPSA) is 32.3 Å². The highest BCUT2D eigenvalue weighted by atomic mass is 35.5. The zero-order valence-corrected chi connectivity index (χ0v) is 15.3. The molecule has 1 aromatic carbocycles. The highest BCUT2D eigenvalue weighted by Gasteiger charge is 2.22. The first-order chi connectivity index (χ1) is 10.7. The third kappa shape index (κ3) is 6.15. The lowest BCUT2D eigenvalue weighted by Gasteiger charge is -2.30. The Morgan fingerprint density at radius 1 is 1.35 bits per heavy atom. The molecule has 3 nitrogen and oxygen atoms in total. The maximum absolute atomic E-state index is 12.7. The molecule has 23 heavy (non-hydrogen) atoms. The molecule has 4 heteroatoms. The first kappa shape index (κ1) is 20.0. The summed E-state index contributed by atoms with van der Waals surface area (Å²) in [5.41, 5.74) is 1.23. The summed E-state index contributed by atoms with van der Waals surface area (Å²) in [5.74, 6) is 1.00. The predicted octanol–water partition coefficient (Wildman–Crippen LogP) is 4.19. The van der Waals surface area contributed by atoms with Crippen LogP contribution in [0.25, 0.3) is 0 Å². The van der Waals surface area contributed by atoms with Gasteiger partial charge in [0.1, 0.15) is 0 Å². The maximum Gasteiger partial charge on any atom is 0.223 e. The molecule has 1 aliphatic heterocycles. The quantitative estimate of drug-likeness (QED) is 0.770. The van der Waals surface area contributed by atoms with Gasteiger partial charge in [-0.1, -0.05) is 43.7 Å². The summed E-state index contributed by atoms with van der Waals surface area (Å²) in [4.78, 5) is 14.8. The van der Waals surface area contributed by atoms with Gasteiger partial charge in [0.2, 0.25) is 5.91 Å². The van der Waals surface area contributed by atoms with Gasteiger partial charge >= 0.3 is 0 Å². The summed E-state index contributed by atoms with van der Waals surface area (Å²) in [7, 11) is 0. The lowest BCUT2D eigenvalue weighted by molar-refractivity contribution is -0.133. The lowest BCUT2D eigenvalue weighted by Crippen LogP contribution is -2.34. The van der Waals surface area contributed by atoms with Crippen molar-refractivity contribution in [1.82, 2.24) is 10.2 Å². The Morgan fingerprint density at radius 2 is 2.09 bits per heavy atom. The van der Waals surface area contributed by atoms with E-state index in [1.807, 2.05) is 6.07 Å². The number of hydrogen-bond acceptors (Lipinski definition) is 2. The Labute approximate surface area is 147 Å². The molecule has 1 fully saturated rings. The van der Waals surface area contributed by atoms with Crippen LogP contribution in [0.5, 0.6) is 0 Å². The van der Waals surface area contributed by atoms with E-state index in [0.29, 0.717) is 18.2 Å². The first-order valence-electron chi connectivity index (χ1n) is 8.77. The number of amides is 1. The molecule has 0 radical (unpaired) electrons. The second kappa shape index (κ2) is 10.7. The molecule has 1 heterocycles. The summed E-state index contributed by atoms with van der Waals surface area (Å²) in [5, 5.41) is 3.38. The summed E-state index contributed by atoms with van der Waals surface area (Å²) >= 11 is 0. The van der Waals surface area contributed by atoms with Gasteiger partial charge in [0, 0.05) is 13.0 Å². The van der Waals surface area contributed by atoms with Gasteiger partial charge in [-0.15, -0.1) is 12.4 Å². The monoisotopic (exact) mass is 338 g/mol. The number of hydrogen-bond donors (Lipinski definition) is 1. The fraction of sp³-hybridized carbons (Fsp3) is 0.632. The molecule has 1 amide bonds. The van der Waals surface area contributed by atoms with Crippen LogP contribution in [0.15, 0.2) is 30.3 Å². The van der Waals surface area contributed by atoms with Crippen LogP contribution < -0.4 is 5.32 Å². The highest BCUT2D eigenvalue weighted by molar-refractivity contribution is 5.85. The molecular weight excluding hydrogens is 308 g/mol. The third-order valence-electron chi connectivity index (χ3n) is 4.75. The first-order valence-corrected chi connectivity index (χ1v) is 8.77. The average Bonchev–Trinajstić information content (AvgIpc) is 3.07.